The normalized spacial score (nSPS) is 11.3. The van der Waals surface area contributed by atoms with Crippen molar-refractivity contribution in [2.75, 3.05) is 30.9 Å². The number of carbonyl (C=O) groups is 2. The Kier molecular flexibility index (Phi) is 25.0. The fraction of sp³-hybridized carbons (Fsp3) is 0.273. The van der Waals surface area contributed by atoms with Crippen molar-refractivity contribution in [2.24, 2.45) is 4.99 Å². The second-order valence-electron chi connectivity index (χ2n) is 13.0. The number of ether oxygens (including phenoxy) is 2. The molecule has 0 radical (unpaired) electrons. The van der Waals surface area contributed by atoms with E-state index >= 15 is 0 Å². The van der Waals surface area contributed by atoms with Crippen molar-refractivity contribution < 1.29 is 46.7 Å². The standard InChI is InChI=1S/C22H24Cl2FN3O3S.C20H18ClF2N3O4S2.C2H6/c1-3-21(26-2)28-32-20-12-16(24)19(13-17(20)25)31-18-7-6-15(23)11-14(18)5-4-9-27-10-8-22(29)30;21-13-3-4-16(12(8-13)2-1-5-24-11-19(27)28)30-17-9-15(23)18(10-14(17)22)32(29)26-20-25-6-7-31-20;1-2/h3,6-7,11-13,27-28H,2,4-5,8-10H2,1H3,(H,29,30);3-4,6-10,24H,1-2,5,11H2,(H,25,26)(H,27,28);1-2H3/b21-3+;;. The van der Waals surface area contributed by atoms with E-state index in [1.54, 1.807) is 48.7 Å². The Hall–Kier alpha value is -4.86. The monoisotopic (exact) mass is 1030 g/mol. The zero-order valence-electron chi connectivity index (χ0n) is 35.9. The van der Waals surface area contributed by atoms with Crippen LogP contribution in [-0.4, -0.2) is 64.2 Å². The van der Waals surface area contributed by atoms with E-state index in [4.69, 9.17) is 54.5 Å². The molecule has 0 saturated carbocycles. The number of hydrogen-bond acceptors (Lipinski definition) is 12. The van der Waals surface area contributed by atoms with Crippen LogP contribution in [0.5, 0.6) is 23.0 Å². The first-order chi connectivity index (χ1) is 31.7. The van der Waals surface area contributed by atoms with E-state index in [0.29, 0.717) is 71.2 Å². The molecule has 356 valence electrons. The van der Waals surface area contributed by atoms with Gasteiger partial charge in [-0.15, -0.1) is 11.3 Å². The highest BCUT2D eigenvalue weighted by atomic mass is 35.5. The van der Waals surface area contributed by atoms with Crippen LogP contribution in [0, 0.1) is 17.5 Å². The van der Waals surface area contributed by atoms with E-state index in [9.17, 15) is 27.0 Å². The van der Waals surface area contributed by atoms with E-state index in [2.05, 4.69) is 36.8 Å². The quantitative estimate of drug-likeness (QED) is 0.0196. The number of nitrogens with one attached hydrogen (secondary N) is 4. The molecule has 0 bridgehead atoms. The van der Waals surface area contributed by atoms with Crippen LogP contribution in [0.4, 0.5) is 18.3 Å². The van der Waals surface area contributed by atoms with Crippen molar-refractivity contribution in [3.63, 3.8) is 0 Å². The smallest absolute Gasteiger partial charge is 0.317 e. The minimum absolute atomic E-state index is 0.0690. The summed E-state index contributed by atoms with van der Waals surface area (Å²) in [6.07, 6.45) is 5.68. The van der Waals surface area contributed by atoms with E-state index < -0.39 is 40.4 Å². The van der Waals surface area contributed by atoms with Crippen LogP contribution >= 0.6 is 58.1 Å². The summed E-state index contributed by atoms with van der Waals surface area (Å²) in [7, 11) is -2.05. The molecule has 0 spiro atoms. The van der Waals surface area contributed by atoms with Crippen molar-refractivity contribution in [2.45, 2.75) is 62.7 Å². The maximum atomic E-state index is 14.6. The third-order valence-electron chi connectivity index (χ3n) is 8.37. The largest absolute Gasteiger partial charge is 0.481 e. The molecule has 5 aromatic rings. The van der Waals surface area contributed by atoms with Crippen LogP contribution in [0.1, 0.15) is 51.2 Å². The van der Waals surface area contributed by atoms with Gasteiger partial charge in [0.1, 0.15) is 34.7 Å². The molecule has 1 aromatic heterocycles. The molecule has 13 nitrogen and oxygen atoms in total. The summed E-state index contributed by atoms with van der Waals surface area (Å²) >= 11 is 20.7. The molecule has 0 amide bonds. The van der Waals surface area contributed by atoms with Crippen molar-refractivity contribution in [1.29, 1.82) is 0 Å². The molecule has 22 heteroatoms. The number of hydrogen-bond donors (Lipinski definition) is 6. The summed E-state index contributed by atoms with van der Waals surface area (Å²) in [5.41, 5.74) is 1.48. The molecule has 1 atom stereocenters. The number of halogens is 6. The van der Waals surface area contributed by atoms with Gasteiger partial charge in [0.05, 0.1) is 27.8 Å². The number of benzene rings is 4. The molecule has 1 unspecified atom stereocenters. The molecule has 0 aliphatic rings. The third-order valence-corrected chi connectivity index (χ3v) is 11.9. The van der Waals surface area contributed by atoms with Gasteiger partial charge in [0.25, 0.3) is 0 Å². The minimum Gasteiger partial charge on any atom is -0.481 e. The van der Waals surface area contributed by atoms with Gasteiger partial charge in [0.15, 0.2) is 27.7 Å². The van der Waals surface area contributed by atoms with E-state index in [1.165, 1.54) is 35.7 Å². The molecule has 66 heavy (non-hydrogen) atoms. The van der Waals surface area contributed by atoms with Gasteiger partial charge >= 0.3 is 11.9 Å². The lowest BCUT2D eigenvalue weighted by atomic mass is 10.1. The topological polar surface area (TPSA) is 184 Å². The molecule has 0 aliphatic carbocycles. The zero-order chi connectivity index (χ0) is 48.6. The number of aliphatic imine (C=N–C) groups is 1. The number of aryl methyl sites for hydroxylation is 2. The van der Waals surface area contributed by atoms with Crippen LogP contribution in [0.3, 0.4) is 0 Å². The van der Waals surface area contributed by atoms with E-state index in [-0.39, 0.29) is 45.0 Å². The Bertz CT molecular complexity index is 2440. The number of anilines is 1. The lowest BCUT2D eigenvalue weighted by Gasteiger charge is -2.14. The first-order valence-corrected chi connectivity index (χ1v) is 24.0. The molecular formula is C44H48Cl3F3N6O7S3. The summed E-state index contributed by atoms with van der Waals surface area (Å²) in [4.78, 5) is 28.7. The first-order valence-electron chi connectivity index (χ1n) is 20.1. The highest BCUT2D eigenvalue weighted by molar-refractivity contribution is 7.97. The van der Waals surface area contributed by atoms with Gasteiger partial charge in [-0.1, -0.05) is 48.7 Å². The minimum atomic E-state index is -2.05. The highest BCUT2D eigenvalue weighted by Gasteiger charge is 2.19. The Labute approximate surface area is 406 Å². The maximum Gasteiger partial charge on any atom is 0.317 e. The van der Waals surface area contributed by atoms with Crippen molar-refractivity contribution in [3.8, 4) is 23.0 Å². The van der Waals surface area contributed by atoms with E-state index in [1.807, 2.05) is 13.8 Å². The van der Waals surface area contributed by atoms with E-state index in [0.717, 1.165) is 36.1 Å². The SMILES string of the molecule is C=N/C(=C\C)NSc1cc(Cl)c(Oc2ccc(Cl)cc2CCCNCCC(=O)O)cc1F.CC.O=C(O)CNCCCc1cc(Cl)ccc1Oc1cc(F)c(S(=O)Nc2nccs2)cc1F. The molecule has 4 aromatic carbocycles. The number of rotatable bonds is 24. The molecule has 1 heterocycles. The van der Waals surface area contributed by atoms with Crippen molar-refractivity contribution >= 4 is 92.9 Å². The summed E-state index contributed by atoms with van der Waals surface area (Å²) in [5, 5.41) is 26.4. The van der Waals surface area contributed by atoms with Crippen LogP contribution in [0.2, 0.25) is 15.1 Å². The maximum absolute atomic E-state index is 14.6. The molecular weight excluding hydrogens is 984 g/mol. The zero-order valence-corrected chi connectivity index (χ0v) is 40.6. The highest BCUT2D eigenvalue weighted by Crippen LogP contribution is 2.37. The Morgan fingerprint density at radius 2 is 1.44 bits per heavy atom. The Morgan fingerprint density at radius 1 is 0.833 bits per heavy atom. The van der Waals surface area contributed by atoms with Crippen LogP contribution in [0.25, 0.3) is 0 Å². The Balaban J connectivity index is 0.000000338. The van der Waals surface area contributed by atoms with Crippen molar-refractivity contribution in [1.82, 2.24) is 20.3 Å². The van der Waals surface area contributed by atoms with Gasteiger partial charge in [-0.3, -0.25) is 14.3 Å². The number of nitrogens with zero attached hydrogens (tertiary/aromatic N) is 2. The molecule has 5 rings (SSSR count). The number of aromatic nitrogens is 1. The van der Waals surface area contributed by atoms with Gasteiger partial charge < -0.3 is 35.0 Å². The number of aliphatic carboxylic acids is 2. The molecule has 0 fully saturated rings. The van der Waals surface area contributed by atoms with Gasteiger partial charge in [-0.05, 0) is 130 Å². The summed E-state index contributed by atoms with van der Waals surface area (Å²) in [6, 6.07) is 14.3. The summed E-state index contributed by atoms with van der Waals surface area (Å²) < 4.78 is 73.0. The fourth-order valence-electron chi connectivity index (χ4n) is 5.34. The second kappa shape index (κ2) is 29.7. The van der Waals surface area contributed by atoms with Crippen molar-refractivity contribution in [3.05, 3.63) is 128 Å². The second-order valence-corrected chi connectivity index (χ2v) is 17.3. The Morgan fingerprint density at radius 3 is 2.00 bits per heavy atom. The number of thiazole rings is 1. The average Bonchev–Trinajstić information content (AvgIpc) is 3.80. The molecule has 0 saturated heterocycles. The van der Waals surface area contributed by atoms with Gasteiger partial charge in [0.2, 0.25) is 0 Å². The number of allylic oxidation sites excluding steroid dienone is 1. The van der Waals surface area contributed by atoms with Crippen LogP contribution < -0.4 is 29.6 Å². The van der Waals surface area contributed by atoms with Crippen LogP contribution in [-0.2, 0) is 33.4 Å². The van der Waals surface area contributed by atoms with Crippen LogP contribution in [0.15, 0.2) is 98.9 Å². The lowest BCUT2D eigenvalue weighted by Crippen LogP contribution is -2.23. The third kappa shape index (κ3) is 19.2. The average molecular weight is 1030 g/mol. The fourth-order valence-corrected chi connectivity index (χ4v) is 8.29. The lowest BCUT2D eigenvalue weighted by molar-refractivity contribution is -0.137. The predicted octanol–water partition coefficient (Wildman–Crippen LogP) is 11.7. The van der Waals surface area contributed by atoms with Gasteiger partial charge in [-0.25, -0.2) is 27.4 Å². The number of carboxylic acid groups (broad SMARTS) is 2. The molecule has 0 aliphatic heterocycles. The molecule has 6 N–H and O–H groups in total. The predicted molar refractivity (Wildman–Crippen MR) is 259 cm³/mol. The first kappa shape index (κ1) is 55.5. The van der Waals surface area contributed by atoms with Gasteiger partial charge in [0, 0.05) is 40.3 Å². The summed E-state index contributed by atoms with van der Waals surface area (Å²) in [5.74, 6) is -2.97. The van der Waals surface area contributed by atoms with Gasteiger partial charge in [-0.2, -0.15) is 0 Å². The summed E-state index contributed by atoms with van der Waals surface area (Å²) in [6.45, 7) is 10.5. The number of carboxylic acids is 2.